The van der Waals surface area contributed by atoms with E-state index >= 15 is 0 Å². The minimum atomic E-state index is -3.85. The highest BCUT2D eigenvalue weighted by Gasteiger charge is 2.19. The number of rotatable bonds is 5. The number of hydrogen-bond donors (Lipinski definition) is 2. The number of fused-ring (bicyclic) bond motifs is 3. The first-order valence-corrected chi connectivity index (χ1v) is 11.2. The molecule has 154 valence electrons. The average Bonchev–Trinajstić information content (AvgIpc) is 3.06. The molecule has 0 fully saturated rings. The number of amides is 1. The van der Waals surface area contributed by atoms with Crippen molar-refractivity contribution < 1.29 is 13.2 Å². The van der Waals surface area contributed by atoms with Crippen molar-refractivity contribution in [3.05, 3.63) is 71.8 Å². The fourth-order valence-corrected chi connectivity index (χ4v) is 4.89. The summed E-state index contributed by atoms with van der Waals surface area (Å²) in [5.41, 5.74) is 3.69. The number of aromatic nitrogens is 1. The smallest absolute Gasteiger partial charge is 0.261 e. The van der Waals surface area contributed by atoms with Crippen molar-refractivity contribution in [1.29, 1.82) is 0 Å². The molecule has 0 bridgehead atoms. The number of sulfonamides is 1. The van der Waals surface area contributed by atoms with Crippen LogP contribution in [0.2, 0.25) is 0 Å². The van der Waals surface area contributed by atoms with E-state index in [1.165, 1.54) is 19.2 Å². The number of hydrogen-bond acceptors (Lipinski definition) is 3. The van der Waals surface area contributed by atoms with Crippen molar-refractivity contribution in [3.8, 4) is 0 Å². The molecule has 30 heavy (non-hydrogen) atoms. The summed E-state index contributed by atoms with van der Waals surface area (Å²) in [5, 5.41) is 4.60. The van der Waals surface area contributed by atoms with E-state index in [4.69, 9.17) is 0 Å². The van der Waals surface area contributed by atoms with Gasteiger partial charge in [-0.1, -0.05) is 24.3 Å². The zero-order valence-electron chi connectivity index (χ0n) is 17.1. The second-order valence-electron chi connectivity index (χ2n) is 7.15. The van der Waals surface area contributed by atoms with E-state index in [1.54, 1.807) is 19.1 Å². The molecule has 0 atom stereocenters. The van der Waals surface area contributed by atoms with Gasteiger partial charge in [0.05, 0.1) is 4.90 Å². The molecule has 0 aliphatic rings. The molecule has 2 N–H and O–H groups in total. The number of aryl methyl sites for hydroxylation is 2. The quantitative estimate of drug-likeness (QED) is 0.505. The van der Waals surface area contributed by atoms with Crippen LogP contribution in [0.3, 0.4) is 0 Å². The number of nitrogens with one attached hydrogen (secondary N) is 2. The highest BCUT2D eigenvalue weighted by atomic mass is 32.2. The Morgan fingerprint density at radius 2 is 1.70 bits per heavy atom. The second-order valence-corrected chi connectivity index (χ2v) is 8.84. The molecular weight excluding hydrogens is 398 g/mol. The van der Waals surface area contributed by atoms with Crippen LogP contribution in [0.25, 0.3) is 21.8 Å². The topological polar surface area (TPSA) is 80.2 Å². The molecule has 0 aliphatic heterocycles. The van der Waals surface area contributed by atoms with Crippen LogP contribution in [-0.2, 0) is 16.6 Å². The maximum atomic E-state index is 13.0. The van der Waals surface area contributed by atoms with Crippen LogP contribution in [0.4, 0.5) is 5.69 Å². The average molecular weight is 422 g/mol. The second kappa shape index (κ2) is 7.50. The fourth-order valence-electron chi connectivity index (χ4n) is 3.82. The number of para-hydroxylation sites is 1. The highest BCUT2D eigenvalue weighted by molar-refractivity contribution is 7.92. The molecule has 4 rings (SSSR count). The lowest BCUT2D eigenvalue weighted by atomic mass is 10.1. The Kier molecular flexibility index (Phi) is 4.99. The molecule has 0 spiro atoms. The molecule has 0 unspecified atom stereocenters. The molecule has 7 heteroatoms. The van der Waals surface area contributed by atoms with Gasteiger partial charge in [0.2, 0.25) is 0 Å². The number of carbonyl (C=O) groups is 1. The lowest BCUT2D eigenvalue weighted by molar-refractivity contribution is 0.0962. The number of carbonyl (C=O) groups excluding carboxylic acids is 1. The van der Waals surface area contributed by atoms with Gasteiger partial charge in [-0.05, 0) is 55.8 Å². The first-order valence-electron chi connectivity index (χ1n) is 9.72. The van der Waals surface area contributed by atoms with Crippen LogP contribution in [0.15, 0.2) is 65.6 Å². The summed E-state index contributed by atoms with van der Waals surface area (Å²) in [6.07, 6.45) is 0. The predicted molar refractivity (Wildman–Crippen MR) is 120 cm³/mol. The summed E-state index contributed by atoms with van der Waals surface area (Å²) in [6.45, 7) is 4.68. The summed E-state index contributed by atoms with van der Waals surface area (Å²) in [7, 11) is -2.33. The monoisotopic (exact) mass is 421 g/mol. The van der Waals surface area contributed by atoms with Crippen molar-refractivity contribution in [1.82, 2.24) is 9.88 Å². The zero-order valence-corrected chi connectivity index (χ0v) is 17.9. The van der Waals surface area contributed by atoms with E-state index < -0.39 is 10.0 Å². The van der Waals surface area contributed by atoms with E-state index in [0.29, 0.717) is 16.8 Å². The Morgan fingerprint density at radius 1 is 0.967 bits per heavy atom. The van der Waals surface area contributed by atoms with Crippen molar-refractivity contribution >= 4 is 43.4 Å². The van der Waals surface area contributed by atoms with E-state index in [-0.39, 0.29) is 10.8 Å². The Hall–Kier alpha value is -3.32. The maximum absolute atomic E-state index is 13.0. The largest absolute Gasteiger partial charge is 0.355 e. The lowest BCUT2D eigenvalue weighted by Crippen LogP contribution is -2.20. The molecule has 0 saturated heterocycles. The van der Waals surface area contributed by atoms with Crippen LogP contribution < -0.4 is 10.0 Å². The van der Waals surface area contributed by atoms with Crippen LogP contribution in [0, 0.1) is 6.92 Å². The van der Waals surface area contributed by atoms with Crippen molar-refractivity contribution in [3.63, 3.8) is 0 Å². The predicted octanol–water partition coefficient (Wildman–Crippen LogP) is 4.28. The minimum absolute atomic E-state index is 0.0442. The van der Waals surface area contributed by atoms with E-state index in [9.17, 15) is 13.2 Å². The van der Waals surface area contributed by atoms with Gasteiger partial charge in [-0.3, -0.25) is 9.52 Å². The summed E-state index contributed by atoms with van der Waals surface area (Å²) >= 11 is 0. The Labute approximate surface area is 175 Å². The molecule has 1 amide bonds. The molecule has 0 saturated carbocycles. The van der Waals surface area contributed by atoms with E-state index in [2.05, 4.69) is 27.6 Å². The van der Waals surface area contributed by atoms with Crippen molar-refractivity contribution in [2.24, 2.45) is 0 Å². The third-order valence-corrected chi connectivity index (χ3v) is 6.71. The summed E-state index contributed by atoms with van der Waals surface area (Å²) < 4.78 is 30.8. The molecule has 6 nitrogen and oxygen atoms in total. The van der Waals surface area contributed by atoms with Gasteiger partial charge >= 0.3 is 0 Å². The van der Waals surface area contributed by atoms with E-state index in [1.807, 2.05) is 30.3 Å². The Morgan fingerprint density at radius 3 is 2.43 bits per heavy atom. The van der Waals surface area contributed by atoms with E-state index in [0.717, 1.165) is 28.4 Å². The van der Waals surface area contributed by atoms with Gasteiger partial charge in [-0.2, -0.15) is 0 Å². The first-order chi connectivity index (χ1) is 14.4. The Balaban J connectivity index is 1.77. The van der Waals surface area contributed by atoms with Gasteiger partial charge in [0, 0.05) is 46.6 Å². The fraction of sp³-hybridized carbons (Fsp3) is 0.174. The molecule has 0 aliphatic carbocycles. The van der Waals surface area contributed by atoms with Gasteiger partial charge in [0.25, 0.3) is 15.9 Å². The van der Waals surface area contributed by atoms with Crippen LogP contribution in [0.1, 0.15) is 22.8 Å². The molecule has 0 radical (unpaired) electrons. The Bertz CT molecular complexity index is 1390. The summed E-state index contributed by atoms with van der Waals surface area (Å²) in [5.74, 6) is -0.321. The molecular formula is C23H23N3O3S. The third-order valence-electron chi connectivity index (χ3n) is 5.33. The normalized spacial score (nSPS) is 11.7. The standard InChI is InChI=1S/C23H23N3O3S/c1-4-26-21-8-6-5-7-18(21)20-13-16(10-12-22(20)26)25-30(28,29)17-11-9-15(2)19(14-17)23(27)24-3/h5-14,25H,4H2,1-3H3,(H,24,27). The third kappa shape index (κ3) is 3.31. The summed E-state index contributed by atoms with van der Waals surface area (Å²) in [4.78, 5) is 12.1. The first kappa shape index (κ1) is 20.0. The highest BCUT2D eigenvalue weighted by Crippen LogP contribution is 2.31. The molecule has 1 heterocycles. The summed E-state index contributed by atoms with van der Waals surface area (Å²) in [6, 6.07) is 18.2. The zero-order chi connectivity index (χ0) is 21.5. The minimum Gasteiger partial charge on any atom is -0.355 e. The lowest BCUT2D eigenvalue weighted by Gasteiger charge is -2.11. The van der Waals surface area contributed by atoms with Gasteiger partial charge in [-0.25, -0.2) is 8.42 Å². The SMILES string of the molecule is CCn1c2ccccc2c2cc(NS(=O)(=O)c3ccc(C)c(C(=O)NC)c3)ccc21. The van der Waals surface area contributed by atoms with Gasteiger partial charge in [-0.15, -0.1) is 0 Å². The van der Waals surface area contributed by atoms with Crippen molar-refractivity contribution in [2.75, 3.05) is 11.8 Å². The van der Waals surface area contributed by atoms with Crippen LogP contribution in [-0.4, -0.2) is 25.9 Å². The number of benzene rings is 3. The van der Waals surface area contributed by atoms with Crippen LogP contribution in [0.5, 0.6) is 0 Å². The molecule has 4 aromatic rings. The molecule has 1 aromatic heterocycles. The van der Waals surface area contributed by atoms with Crippen molar-refractivity contribution in [2.45, 2.75) is 25.3 Å². The van der Waals surface area contributed by atoms with Gasteiger partial charge in [0.15, 0.2) is 0 Å². The maximum Gasteiger partial charge on any atom is 0.261 e. The van der Waals surface area contributed by atoms with Gasteiger partial charge < -0.3 is 9.88 Å². The number of anilines is 1. The van der Waals surface area contributed by atoms with Crippen LogP contribution >= 0.6 is 0 Å². The molecule has 3 aromatic carbocycles. The van der Waals surface area contributed by atoms with Gasteiger partial charge in [0.1, 0.15) is 0 Å². The number of nitrogens with zero attached hydrogens (tertiary/aromatic N) is 1.